The van der Waals surface area contributed by atoms with Crippen LogP contribution in [0.5, 0.6) is 0 Å². The van der Waals surface area contributed by atoms with Crippen LogP contribution >= 0.6 is 0 Å². The molecule has 0 aromatic heterocycles. The molecule has 2 heteroatoms. The van der Waals surface area contributed by atoms with Crippen LogP contribution in [0.15, 0.2) is 11.8 Å². The van der Waals surface area contributed by atoms with Gasteiger partial charge in [-0.1, -0.05) is 13.8 Å². The molecule has 2 aliphatic rings. The van der Waals surface area contributed by atoms with Gasteiger partial charge in [0.05, 0.1) is 12.7 Å². The monoisotopic (exact) mass is 182 g/mol. The lowest BCUT2D eigenvalue weighted by atomic mass is 9.83. The van der Waals surface area contributed by atoms with Gasteiger partial charge in [-0.15, -0.1) is 0 Å². The predicted molar refractivity (Wildman–Crippen MR) is 51.4 cm³/mol. The van der Waals surface area contributed by atoms with Gasteiger partial charge in [0.15, 0.2) is 0 Å². The lowest BCUT2D eigenvalue weighted by molar-refractivity contribution is 0.00900. The van der Waals surface area contributed by atoms with Crippen LogP contribution in [0, 0.1) is 5.41 Å². The first-order chi connectivity index (χ1) is 6.21. The number of rotatable bonds is 2. The Kier molecular flexibility index (Phi) is 2.33. The topological polar surface area (TPSA) is 18.5 Å². The molecule has 0 bridgehead atoms. The molecule has 1 fully saturated rings. The van der Waals surface area contributed by atoms with Crippen molar-refractivity contribution in [1.82, 2.24) is 0 Å². The van der Waals surface area contributed by atoms with Gasteiger partial charge >= 0.3 is 0 Å². The van der Waals surface area contributed by atoms with Gasteiger partial charge in [-0.2, -0.15) is 0 Å². The second-order valence-corrected chi connectivity index (χ2v) is 4.43. The van der Waals surface area contributed by atoms with Crippen LogP contribution in [0.1, 0.15) is 33.1 Å². The molecule has 0 saturated carbocycles. The van der Waals surface area contributed by atoms with Crippen LogP contribution in [-0.4, -0.2) is 19.3 Å². The lowest BCUT2D eigenvalue weighted by Crippen LogP contribution is -2.31. The molecule has 0 aromatic rings. The van der Waals surface area contributed by atoms with Gasteiger partial charge in [-0.3, -0.25) is 0 Å². The Bertz CT molecular complexity index is 212. The number of ether oxygens (including phenoxy) is 2. The van der Waals surface area contributed by atoms with Gasteiger partial charge < -0.3 is 9.47 Å². The molecule has 0 unspecified atom stereocenters. The molecular weight excluding hydrogens is 164 g/mol. The van der Waals surface area contributed by atoms with Crippen molar-refractivity contribution < 1.29 is 9.47 Å². The van der Waals surface area contributed by atoms with E-state index in [1.165, 1.54) is 12.8 Å². The zero-order chi connectivity index (χ0) is 9.31. The highest BCUT2D eigenvalue weighted by atomic mass is 16.5. The lowest BCUT2D eigenvalue weighted by Gasteiger charge is -2.31. The largest absolute Gasteiger partial charge is 0.497 e. The zero-order valence-electron chi connectivity index (χ0n) is 8.51. The molecule has 2 nitrogen and oxygen atoms in total. The van der Waals surface area contributed by atoms with E-state index in [4.69, 9.17) is 9.47 Å². The fourth-order valence-electron chi connectivity index (χ4n) is 2.17. The second kappa shape index (κ2) is 3.33. The molecular formula is C11H18O2. The first-order valence-electron chi connectivity index (χ1n) is 5.16. The van der Waals surface area contributed by atoms with Crippen LogP contribution in [0.3, 0.4) is 0 Å². The Labute approximate surface area is 79.9 Å². The van der Waals surface area contributed by atoms with Gasteiger partial charge in [0.1, 0.15) is 5.76 Å². The van der Waals surface area contributed by atoms with Crippen molar-refractivity contribution in [2.75, 3.05) is 13.2 Å². The number of hydrogen-bond donors (Lipinski definition) is 0. The van der Waals surface area contributed by atoms with E-state index in [9.17, 15) is 0 Å². The van der Waals surface area contributed by atoms with E-state index in [1.54, 1.807) is 0 Å². The third-order valence-corrected chi connectivity index (χ3v) is 3.07. The third-order valence-electron chi connectivity index (χ3n) is 3.07. The Morgan fingerprint density at radius 3 is 2.77 bits per heavy atom. The van der Waals surface area contributed by atoms with E-state index in [-0.39, 0.29) is 5.41 Å². The third kappa shape index (κ3) is 1.60. The minimum atomic E-state index is 0.0764. The minimum Gasteiger partial charge on any atom is -0.497 e. The summed E-state index contributed by atoms with van der Waals surface area (Å²) < 4.78 is 11.3. The Balaban J connectivity index is 2.08. The van der Waals surface area contributed by atoms with Gasteiger partial charge in [0.25, 0.3) is 0 Å². The van der Waals surface area contributed by atoms with Crippen molar-refractivity contribution >= 4 is 0 Å². The predicted octanol–water partition coefficient (Wildman–Crippen LogP) is 2.50. The molecule has 0 amide bonds. The van der Waals surface area contributed by atoms with Gasteiger partial charge in [-0.25, -0.2) is 0 Å². The van der Waals surface area contributed by atoms with Gasteiger partial charge in [0, 0.05) is 18.4 Å². The van der Waals surface area contributed by atoms with Crippen molar-refractivity contribution in [3.8, 4) is 0 Å². The van der Waals surface area contributed by atoms with E-state index in [2.05, 4.69) is 19.9 Å². The summed E-state index contributed by atoms with van der Waals surface area (Å²) in [6.45, 7) is 6.22. The van der Waals surface area contributed by atoms with E-state index < -0.39 is 0 Å². The summed E-state index contributed by atoms with van der Waals surface area (Å²) in [6.07, 6.45) is 6.00. The summed E-state index contributed by atoms with van der Waals surface area (Å²) in [5, 5.41) is 0. The van der Waals surface area contributed by atoms with Crippen LogP contribution in [0.2, 0.25) is 0 Å². The molecule has 13 heavy (non-hydrogen) atoms. The molecule has 1 atom stereocenters. The maximum atomic E-state index is 5.71. The van der Waals surface area contributed by atoms with Gasteiger partial charge in [-0.05, 0) is 18.9 Å². The molecule has 0 aromatic carbocycles. The van der Waals surface area contributed by atoms with Crippen molar-refractivity contribution in [1.29, 1.82) is 0 Å². The van der Waals surface area contributed by atoms with Gasteiger partial charge in [0.2, 0.25) is 0 Å². The van der Waals surface area contributed by atoms with Crippen LogP contribution in [0.25, 0.3) is 0 Å². The standard InChI is InChI=1S/C11H18O2/c1-11(2,9-5-3-7-12-9)10-6-4-8-13-10/h5,10H,3-4,6-8H2,1-2H3/t10-/m1/s1. The average molecular weight is 182 g/mol. The fourth-order valence-corrected chi connectivity index (χ4v) is 2.17. The fraction of sp³-hybridized carbons (Fsp3) is 0.818. The second-order valence-electron chi connectivity index (χ2n) is 4.43. The molecule has 0 aliphatic carbocycles. The van der Waals surface area contributed by atoms with E-state index in [0.29, 0.717) is 6.10 Å². The Morgan fingerprint density at radius 1 is 1.38 bits per heavy atom. The highest BCUT2D eigenvalue weighted by molar-refractivity contribution is 5.11. The Hall–Kier alpha value is -0.500. The van der Waals surface area contributed by atoms with Crippen molar-refractivity contribution in [3.05, 3.63) is 11.8 Å². The maximum Gasteiger partial charge on any atom is 0.100 e. The molecule has 74 valence electrons. The molecule has 2 rings (SSSR count). The molecule has 2 aliphatic heterocycles. The summed E-state index contributed by atoms with van der Waals surface area (Å²) in [5.74, 6) is 1.14. The average Bonchev–Trinajstić information content (AvgIpc) is 2.78. The first-order valence-corrected chi connectivity index (χ1v) is 5.16. The number of hydrogen-bond acceptors (Lipinski definition) is 2. The molecule has 0 radical (unpaired) electrons. The quantitative estimate of drug-likeness (QED) is 0.653. The summed E-state index contributed by atoms with van der Waals surface area (Å²) in [4.78, 5) is 0. The van der Waals surface area contributed by atoms with Crippen molar-refractivity contribution in [3.63, 3.8) is 0 Å². The van der Waals surface area contributed by atoms with Crippen molar-refractivity contribution in [2.24, 2.45) is 5.41 Å². The highest BCUT2D eigenvalue weighted by Crippen LogP contribution is 2.39. The Morgan fingerprint density at radius 2 is 2.23 bits per heavy atom. The summed E-state index contributed by atoms with van der Waals surface area (Å²) >= 11 is 0. The summed E-state index contributed by atoms with van der Waals surface area (Å²) in [5.41, 5.74) is 0.0764. The first kappa shape index (κ1) is 9.07. The summed E-state index contributed by atoms with van der Waals surface area (Å²) in [7, 11) is 0. The van der Waals surface area contributed by atoms with Crippen LogP contribution < -0.4 is 0 Å². The normalized spacial score (nSPS) is 28.8. The van der Waals surface area contributed by atoms with Crippen LogP contribution in [0.4, 0.5) is 0 Å². The smallest absolute Gasteiger partial charge is 0.100 e. The molecule has 0 spiro atoms. The minimum absolute atomic E-state index is 0.0764. The van der Waals surface area contributed by atoms with Crippen LogP contribution in [-0.2, 0) is 9.47 Å². The zero-order valence-corrected chi connectivity index (χ0v) is 8.51. The maximum absolute atomic E-state index is 5.71. The van der Waals surface area contributed by atoms with E-state index >= 15 is 0 Å². The SMILES string of the molecule is CC(C)(C1=CCCO1)[C@H]1CCCO1. The highest BCUT2D eigenvalue weighted by Gasteiger charge is 2.38. The molecule has 2 heterocycles. The summed E-state index contributed by atoms with van der Waals surface area (Å²) in [6, 6.07) is 0. The van der Waals surface area contributed by atoms with E-state index in [1.807, 2.05) is 0 Å². The molecule has 1 saturated heterocycles. The molecule has 0 N–H and O–H groups in total. The van der Waals surface area contributed by atoms with Crippen molar-refractivity contribution in [2.45, 2.75) is 39.2 Å². The van der Waals surface area contributed by atoms with E-state index in [0.717, 1.165) is 25.4 Å².